The first-order valence-corrected chi connectivity index (χ1v) is 11.5. The number of imide groups is 1. The van der Waals surface area contributed by atoms with E-state index in [0.717, 1.165) is 35.0 Å². The van der Waals surface area contributed by atoms with Gasteiger partial charge in [0, 0.05) is 35.1 Å². The summed E-state index contributed by atoms with van der Waals surface area (Å²) in [4.78, 5) is 39.4. The van der Waals surface area contributed by atoms with E-state index in [9.17, 15) is 9.59 Å². The summed E-state index contributed by atoms with van der Waals surface area (Å²) >= 11 is 1.55. The molecule has 6 rings (SSSR count). The van der Waals surface area contributed by atoms with Gasteiger partial charge < -0.3 is 15.6 Å². The zero-order chi connectivity index (χ0) is 21.7. The van der Waals surface area contributed by atoms with Crippen molar-refractivity contribution in [3.8, 4) is 0 Å². The molecule has 0 saturated carbocycles. The fraction of sp³-hybridized carbons (Fsp3) is 0.217. The van der Waals surface area contributed by atoms with Gasteiger partial charge in [0.25, 0.3) is 11.8 Å². The predicted octanol–water partition coefficient (Wildman–Crippen LogP) is 2.90. The maximum atomic E-state index is 13.0. The number of anilines is 1. The van der Waals surface area contributed by atoms with Crippen molar-refractivity contribution in [2.24, 2.45) is 0 Å². The van der Waals surface area contributed by atoms with Crippen LogP contribution in [0, 0.1) is 0 Å². The topological polar surface area (TPSA) is 112 Å². The van der Waals surface area contributed by atoms with Crippen molar-refractivity contribution in [3.63, 3.8) is 0 Å². The van der Waals surface area contributed by atoms with Crippen LogP contribution in [-0.2, 0) is 9.59 Å². The lowest BCUT2D eigenvalue weighted by molar-refractivity contribution is -0.122. The van der Waals surface area contributed by atoms with Gasteiger partial charge in [0.15, 0.2) is 0 Å². The number of H-pyrrole nitrogens is 1. The molecule has 2 aliphatic rings. The second kappa shape index (κ2) is 7.54. The van der Waals surface area contributed by atoms with Gasteiger partial charge in [-0.1, -0.05) is 18.2 Å². The van der Waals surface area contributed by atoms with Crippen LogP contribution in [0.15, 0.2) is 41.9 Å². The molecule has 160 valence electrons. The molecule has 1 atom stereocenters. The first kappa shape index (κ1) is 19.1. The Labute approximate surface area is 187 Å². The number of rotatable bonds is 5. The van der Waals surface area contributed by atoms with E-state index in [1.807, 2.05) is 35.7 Å². The number of nitrogens with zero attached hydrogens (tertiary/aromatic N) is 2. The largest absolute Gasteiger partial charge is 0.353 e. The Hall–Kier alpha value is -3.56. The zero-order valence-electron chi connectivity index (χ0n) is 17.1. The molecule has 5 heterocycles. The molecule has 32 heavy (non-hydrogen) atoms. The Morgan fingerprint density at radius 2 is 1.94 bits per heavy atom. The number of amides is 2. The summed E-state index contributed by atoms with van der Waals surface area (Å²) in [6.45, 7) is 1.71. The Kier molecular flexibility index (Phi) is 4.51. The highest BCUT2D eigenvalue weighted by Crippen LogP contribution is 2.37. The summed E-state index contributed by atoms with van der Waals surface area (Å²) in [5, 5.41) is 12.8. The molecule has 2 aliphatic heterocycles. The van der Waals surface area contributed by atoms with Crippen molar-refractivity contribution in [2.75, 3.05) is 18.4 Å². The first-order chi connectivity index (χ1) is 15.7. The van der Waals surface area contributed by atoms with Gasteiger partial charge in [0.2, 0.25) is 5.95 Å². The summed E-state index contributed by atoms with van der Waals surface area (Å²) in [5.74, 6) is -0.410. The highest BCUT2D eigenvalue weighted by molar-refractivity contribution is 7.16. The van der Waals surface area contributed by atoms with Crippen LogP contribution in [0.25, 0.3) is 32.3 Å². The number of fused-ring (bicyclic) bond motifs is 2. The average Bonchev–Trinajstić information content (AvgIpc) is 3.57. The van der Waals surface area contributed by atoms with Crippen molar-refractivity contribution < 1.29 is 9.59 Å². The second-order valence-electron chi connectivity index (χ2n) is 7.99. The molecule has 0 aliphatic carbocycles. The van der Waals surface area contributed by atoms with E-state index in [1.54, 1.807) is 17.5 Å². The minimum Gasteiger partial charge on any atom is -0.353 e. The monoisotopic (exact) mass is 444 g/mol. The van der Waals surface area contributed by atoms with E-state index in [1.165, 1.54) is 0 Å². The van der Waals surface area contributed by atoms with Crippen LogP contribution in [0.3, 0.4) is 0 Å². The van der Waals surface area contributed by atoms with E-state index in [0.29, 0.717) is 40.9 Å². The van der Waals surface area contributed by atoms with Gasteiger partial charge in [-0.3, -0.25) is 14.9 Å². The van der Waals surface area contributed by atoms with Gasteiger partial charge >= 0.3 is 0 Å². The lowest BCUT2D eigenvalue weighted by Crippen LogP contribution is -2.30. The molecule has 0 spiro atoms. The van der Waals surface area contributed by atoms with Crippen molar-refractivity contribution in [1.82, 2.24) is 25.6 Å². The summed E-state index contributed by atoms with van der Waals surface area (Å²) in [5.41, 5.74) is 2.50. The van der Waals surface area contributed by atoms with Crippen molar-refractivity contribution in [3.05, 3.63) is 53.2 Å². The molecule has 4 N–H and O–H groups in total. The molecule has 1 unspecified atom stereocenters. The number of carbonyl (C=O) groups excluding carboxylic acids is 2. The third-order valence-electron chi connectivity index (χ3n) is 6.01. The number of thiophene rings is 1. The molecule has 2 amide bonds. The number of aromatic amines is 1. The average molecular weight is 445 g/mol. The molecule has 0 radical (unpaired) electrons. The van der Waals surface area contributed by atoms with Gasteiger partial charge in [0.05, 0.1) is 22.4 Å². The van der Waals surface area contributed by atoms with Gasteiger partial charge in [-0.2, -0.15) is 0 Å². The Morgan fingerprint density at radius 1 is 1.06 bits per heavy atom. The molecule has 0 bridgehead atoms. The number of nitrogens with one attached hydrogen (secondary N) is 4. The highest BCUT2D eigenvalue weighted by atomic mass is 32.1. The maximum absolute atomic E-state index is 13.0. The molecule has 1 aromatic carbocycles. The van der Waals surface area contributed by atoms with Crippen molar-refractivity contribution in [1.29, 1.82) is 0 Å². The zero-order valence-corrected chi connectivity index (χ0v) is 17.9. The van der Waals surface area contributed by atoms with Crippen LogP contribution in [0.5, 0.6) is 0 Å². The highest BCUT2D eigenvalue weighted by Gasteiger charge is 2.35. The number of hydrogen-bond acceptors (Lipinski definition) is 7. The van der Waals surface area contributed by atoms with Gasteiger partial charge in [0.1, 0.15) is 4.83 Å². The molecular formula is C23H20N6O2S. The number of benzene rings is 1. The van der Waals surface area contributed by atoms with Crippen LogP contribution < -0.4 is 16.0 Å². The summed E-state index contributed by atoms with van der Waals surface area (Å²) < 4.78 is 0. The third kappa shape index (κ3) is 3.09. The second-order valence-corrected chi connectivity index (χ2v) is 8.90. The maximum Gasteiger partial charge on any atom is 0.261 e. The normalized spacial score (nSPS) is 18.8. The van der Waals surface area contributed by atoms with E-state index < -0.39 is 11.8 Å². The Bertz CT molecular complexity index is 1410. The lowest BCUT2D eigenvalue weighted by Gasteiger charge is -2.14. The third-order valence-corrected chi connectivity index (χ3v) is 6.86. The van der Waals surface area contributed by atoms with Gasteiger partial charge in [-0.05, 0) is 36.9 Å². The van der Waals surface area contributed by atoms with E-state index in [2.05, 4.69) is 25.9 Å². The van der Waals surface area contributed by atoms with E-state index in [4.69, 9.17) is 4.98 Å². The van der Waals surface area contributed by atoms with Crippen LogP contribution in [0.4, 0.5) is 5.95 Å². The summed E-state index contributed by atoms with van der Waals surface area (Å²) in [6.07, 6.45) is 4.04. The number of hydrogen-bond donors (Lipinski definition) is 4. The van der Waals surface area contributed by atoms with Crippen LogP contribution >= 0.6 is 11.3 Å². The minimum atomic E-state index is -0.443. The Balaban J connectivity index is 1.53. The predicted molar refractivity (Wildman–Crippen MR) is 125 cm³/mol. The number of aromatic nitrogens is 3. The first-order valence-electron chi connectivity index (χ1n) is 10.6. The van der Waals surface area contributed by atoms with Gasteiger partial charge in [-0.25, -0.2) is 9.97 Å². The summed E-state index contributed by atoms with van der Waals surface area (Å²) in [7, 11) is 0. The molecule has 9 heteroatoms. The smallest absolute Gasteiger partial charge is 0.261 e. The van der Waals surface area contributed by atoms with Crippen LogP contribution in [-0.4, -0.2) is 45.9 Å². The fourth-order valence-corrected chi connectivity index (χ4v) is 5.26. The molecule has 1 fully saturated rings. The van der Waals surface area contributed by atoms with E-state index in [-0.39, 0.29) is 5.57 Å². The van der Waals surface area contributed by atoms with Crippen molar-refractivity contribution in [2.45, 2.75) is 18.9 Å². The van der Waals surface area contributed by atoms with Gasteiger partial charge in [-0.15, -0.1) is 11.3 Å². The van der Waals surface area contributed by atoms with E-state index >= 15 is 0 Å². The molecule has 1 saturated heterocycles. The standard InChI is InChI=1S/C23H20N6O2S/c30-20-17(15-11-25-22-13(15)7-9-32-22)18(21(31)29-20)19-14-5-1-2-6-16(14)27-23(28-19)26-10-12-4-3-8-24-12/h1-2,5-7,9,11-12,24-25H,3-4,8,10H2,(H,26,27,28)(H,29,30,31). The Morgan fingerprint density at radius 3 is 2.81 bits per heavy atom. The number of carbonyl (C=O) groups is 2. The quantitative estimate of drug-likeness (QED) is 0.352. The lowest BCUT2D eigenvalue weighted by atomic mass is 9.97. The minimum absolute atomic E-state index is 0.280. The molecule has 3 aromatic heterocycles. The molecule has 8 nitrogen and oxygen atoms in total. The molecule has 4 aromatic rings. The van der Waals surface area contributed by atoms with Crippen molar-refractivity contribution >= 4 is 61.4 Å². The SMILES string of the molecule is O=C1NC(=O)C(c2c[nH]c3sccc23)=C1c1nc(NCC2CCCN2)nc2ccccc12. The van der Waals surface area contributed by atoms with Crippen LogP contribution in [0.1, 0.15) is 24.1 Å². The number of para-hydroxylation sites is 1. The molecular weight excluding hydrogens is 424 g/mol. The fourth-order valence-electron chi connectivity index (χ4n) is 4.49. The summed E-state index contributed by atoms with van der Waals surface area (Å²) in [6, 6.07) is 9.87. The van der Waals surface area contributed by atoms with Crippen LogP contribution in [0.2, 0.25) is 0 Å².